The number of alkyl halides is 7. The third-order valence-electron chi connectivity index (χ3n) is 8.97. The number of fused-ring (bicyclic) bond motifs is 1. The van der Waals surface area contributed by atoms with Gasteiger partial charge in [-0.15, -0.1) is 5.10 Å². The van der Waals surface area contributed by atoms with E-state index in [1.54, 1.807) is 12.3 Å². The fraction of sp³-hybridized carbons (Fsp3) is 0.655. The second-order valence-electron chi connectivity index (χ2n) is 12.8. The molecule has 0 spiro atoms. The Hall–Kier alpha value is -3.79. The second kappa shape index (κ2) is 12.1. The van der Waals surface area contributed by atoms with E-state index in [1.165, 1.54) is 21.7 Å². The summed E-state index contributed by atoms with van der Waals surface area (Å²) in [6, 6.07) is 0.307. The summed E-state index contributed by atoms with van der Waals surface area (Å²) in [6.45, 7) is 0.134. The van der Waals surface area contributed by atoms with E-state index in [1.807, 2.05) is 0 Å². The summed E-state index contributed by atoms with van der Waals surface area (Å²) < 4.78 is 93.9. The van der Waals surface area contributed by atoms with Crippen LogP contribution in [-0.2, 0) is 11.3 Å². The molecule has 46 heavy (non-hydrogen) atoms. The van der Waals surface area contributed by atoms with Crippen LogP contribution in [0, 0.1) is 17.8 Å². The summed E-state index contributed by atoms with van der Waals surface area (Å²) in [6.07, 6.45) is -1.58. The molecule has 6 rings (SSSR count). The Morgan fingerprint density at radius 1 is 0.935 bits per heavy atom. The van der Waals surface area contributed by atoms with Crippen molar-refractivity contribution in [2.24, 2.45) is 17.8 Å². The Kier molecular flexibility index (Phi) is 8.46. The van der Waals surface area contributed by atoms with E-state index in [-0.39, 0.29) is 62.6 Å². The van der Waals surface area contributed by atoms with Gasteiger partial charge >= 0.3 is 6.18 Å². The lowest BCUT2D eigenvalue weighted by Gasteiger charge is -2.34. The first-order valence-corrected chi connectivity index (χ1v) is 15.3. The van der Waals surface area contributed by atoms with Crippen LogP contribution >= 0.6 is 0 Å². The van der Waals surface area contributed by atoms with Crippen molar-refractivity contribution in [2.75, 3.05) is 0 Å². The molecule has 0 aliphatic heterocycles. The highest BCUT2D eigenvalue weighted by molar-refractivity contribution is 5.92. The zero-order chi connectivity index (χ0) is 32.9. The van der Waals surface area contributed by atoms with E-state index < -0.39 is 60.7 Å². The first-order valence-electron chi connectivity index (χ1n) is 15.3. The van der Waals surface area contributed by atoms with E-state index in [9.17, 15) is 40.3 Å². The molecule has 3 aromatic heterocycles. The molecule has 2 amide bonds. The summed E-state index contributed by atoms with van der Waals surface area (Å²) in [4.78, 5) is 31.4. The zero-order valence-corrected chi connectivity index (χ0v) is 24.6. The lowest BCUT2D eigenvalue weighted by atomic mass is 9.81. The number of aromatic nitrogens is 6. The third kappa shape index (κ3) is 7.77. The van der Waals surface area contributed by atoms with E-state index in [0.29, 0.717) is 16.9 Å². The van der Waals surface area contributed by atoms with Gasteiger partial charge in [-0.2, -0.15) is 28.2 Å². The number of hydrogen-bond acceptors (Lipinski definition) is 6. The molecule has 0 saturated heterocycles. The molecule has 3 aromatic rings. The second-order valence-corrected chi connectivity index (χ2v) is 12.8. The maximum absolute atomic E-state index is 14.0. The summed E-state index contributed by atoms with van der Waals surface area (Å²) in [5, 5.41) is 18.1. The van der Waals surface area contributed by atoms with E-state index in [2.05, 4.69) is 30.9 Å². The summed E-state index contributed by atoms with van der Waals surface area (Å²) in [5.74, 6) is -7.53. The van der Waals surface area contributed by atoms with Crippen LogP contribution in [0.3, 0.4) is 0 Å². The molecule has 0 radical (unpaired) electrons. The monoisotopic (exact) mass is 658 g/mol. The highest BCUT2D eigenvalue weighted by atomic mass is 19.4. The topological polar surface area (TPSA) is 119 Å². The first-order chi connectivity index (χ1) is 21.6. The molecule has 3 aliphatic rings. The fourth-order valence-electron chi connectivity index (χ4n) is 6.31. The smallest absolute Gasteiger partial charge is 0.349 e. The Morgan fingerprint density at radius 3 is 2.28 bits per heavy atom. The van der Waals surface area contributed by atoms with Crippen molar-refractivity contribution in [3.05, 3.63) is 41.6 Å². The number of rotatable bonds is 11. The standard InChI is InChI=1S/C29H33F7N8O2/c30-27(31)6-3-18(4-7-27)25(41-26(46)20-13-38-44(42-20)14-16-10-28(32,33)11-16)21-15-43-22(39-21)9-19(12-37-43)24(17-1-2-17)40-23(45)5-8-29(34,35)36/h9,12-13,15-18,24-25H,1-8,10-11,14H2,(H,40,45)(H,41,46)/t24?,25-/m0/s1. The average molecular weight is 659 g/mol. The van der Waals surface area contributed by atoms with Gasteiger partial charge in [0.25, 0.3) is 5.91 Å². The number of carbonyl (C=O) groups is 2. The van der Waals surface area contributed by atoms with E-state index >= 15 is 0 Å². The van der Waals surface area contributed by atoms with Crippen LogP contribution in [-0.4, -0.2) is 59.4 Å². The zero-order valence-electron chi connectivity index (χ0n) is 24.6. The Morgan fingerprint density at radius 2 is 1.63 bits per heavy atom. The van der Waals surface area contributed by atoms with Crippen LogP contribution in [0.4, 0.5) is 30.7 Å². The predicted molar refractivity (Wildman–Crippen MR) is 147 cm³/mol. The van der Waals surface area contributed by atoms with Crippen molar-refractivity contribution in [3.8, 4) is 0 Å². The average Bonchev–Trinajstić information content (AvgIpc) is 3.54. The van der Waals surface area contributed by atoms with Gasteiger partial charge in [0.2, 0.25) is 17.8 Å². The minimum absolute atomic E-state index is 0.0404. The molecule has 0 bridgehead atoms. The van der Waals surface area contributed by atoms with Crippen LogP contribution in [0.5, 0.6) is 0 Å². The van der Waals surface area contributed by atoms with Crippen molar-refractivity contribution in [1.29, 1.82) is 0 Å². The molecule has 3 saturated carbocycles. The minimum Gasteiger partial charge on any atom is -0.349 e. The lowest BCUT2D eigenvalue weighted by Crippen LogP contribution is -2.38. The third-order valence-corrected chi connectivity index (χ3v) is 8.97. The SMILES string of the molecule is O=C(CCC(F)(F)F)NC(c1cnn2cc([C@@H](NC(=O)c3cnn(CC4CC(F)(F)C4)n3)C3CCC(F)(F)CC3)nc2c1)C1CC1. The van der Waals surface area contributed by atoms with Crippen molar-refractivity contribution < 1.29 is 40.3 Å². The van der Waals surface area contributed by atoms with Gasteiger partial charge in [0.1, 0.15) is 0 Å². The number of nitrogens with zero attached hydrogens (tertiary/aromatic N) is 6. The molecule has 1 unspecified atom stereocenters. The Balaban J connectivity index is 1.20. The van der Waals surface area contributed by atoms with Crippen LogP contribution in [0.25, 0.3) is 5.65 Å². The van der Waals surface area contributed by atoms with Crippen molar-refractivity contribution in [1.82, 2.24) is 40.2 Å². The number of hydrogen-bond donors (Lipinski definition) is 2. The summed E-state index contributed by atoms with van der Waals surface area (Å²) in [5.41, 5.74) is 1.20. The molecule has 17 heteroatoms. The van der Waals surface area contributed by atoms with Crippen molar-refractivity contribution in [3.63, 3.8) is 0 Å². The molecular weight excluding hydrogens is 625 g/mol. The van der Waals surface area contributed by atoms with Crippen LogP contribution in [0.2, 0.25) is 0 Å². The molecule has 0 aromatic carbocycles. The van der Waals surface area contributed by atoms with Crippen LogP contribution < -0.4 is 10.6 Å². The van der Waals surface area contributed by atoms with Gasteiger partial charge in [-0.1, -0.05) is 0 Å². The number of imidazole rings is 1. The highest BCUT2D eigenvalue weighted by Crippen LogP contribution is 2.44. The summed E-state index contributed by atoms with van der Waals surface area (Å²) >= 11 is 0. The molecular formula is C29H33F7N8O2. The molecule has 3 aliphatic carbocycles. The molecule has 3 heterocycles. The number of carbonyl (C=O) groups excluding carboxylic acids is 2. The molecule has 2 atom stereocenters. The maximum Gasteiger partial charge on any atom is 0.389 e. The van der Waals surface area contributed by atoms with Crippen LogP contribution in [0.1, 0.15) is 98.0 Å². The van der Waals surface area contributed by atoms with E-state index in [4.69, 9.17) is 0 Å². The van der Waals surface area contributed by atoms with Crippen molar-refractivity contribution in [2.45, 2.75) is 101 Å². The number of nitrogens with one attached hydrogen (secondary N) is 2. The van der Waals surface area contributed by atoms with Gasteiger partial charge in [0, 0.05) is 32.1 Å². The Labute approximate surface area is 258 Å². The van der Waals surface area contributed by atoms with Gasteiger partial charge in [-0.05, 0) is 55.1 Å². The number of amides is 2. The van der Waals surface area contributed by atoms with Crippen molar-refractivity contribution >= 4 is 17.5 Å². The number of halogens is 7. The minimum atomic E-state index is -4.45. The first kappa shape index (κ1) is 32.2. The highest BCUT2D eigenvalue weighted by Gasteiger charge is 2.45. The summed E-state index contributed by atoms with van der Waals surface area (Å²) in [7, 11) is 0. The van der Waals surface area contributed by atoms with Gasteiger partial charge in [-0.25, -0.2) is 27.1 Å². The normalized spacial score (nSPS) is 21.5. The lowest BCUT2D eigenvalue weighted by molar-refractivity contribution is -0.144. The quantitative estimate of drug-likeness (QED) is 0.260. The van der Waals surface area contributed by atoms with Crippen LogP contribution in [0.15, 0.2) is 24.7 Å². The van der Waals surface area contributed by atoms with Gasteiger partial charge < -0.3 is 10.6 Å². The molecule has 3 fully saturated rings. The van der Waals surface area contributed by atoms with Gasteiger partial charge in [0.15, 0.2) is 11.3 Å². The Bertz CT molecular complexity index is 1570. The van der Waals surface area contributed by atoms with Gasteiger partial charge in [0.05, 0.1) is 49.3 Å². The largest absolute Gasteiger partial charge is 0.389 e. The fourth-order valence-corrected chi connectivity index (χ4v) is 6.31. The molecule has 2 N–H and O–H groups in total. The van der Waals surface area contributed by atoms with Gasteiger partial charge in [-0.3, -0.25) is 9.59 Å². The van der Waals surface area contributed by atoms with E-state index in [0.717, 1.165) is 12.8 Å². The molecule has 250 valence electrons. The maximum atomic E-state index is 14.0. The predicted octanol–water partition coefficient (Wildman–Crippen LogP) is 5.57. The molecule has 10 nitrogen and oxygen atoms in total.